The summed E-state index contributed by atoms with van der Waals surface area (Å²) in [4.78, 5) is 25.1. The van der Waals surface area contributed by atoms with Crippen molar-refractivity contribution in [2.45, 2.75) is 20.4 Å². The monoisotopic (exact) mass is 410 g/mol. The molecule has 0 aliphatic carbocycles. The number of nitrogens with one attached hydrogen (secondary N) is 2. The minimum atomic E-state index is -0.00721. The molecule has 2 N–H and O–H groups in total. The van der Waals surface area contributed by atoms with E-state index >= 15 is 0 Å². The summed E-state index contributed by atoms with van der Waals surface area (Å²) in [7, 11) is 0. The van der Waals surface area contributed by atoms with Gasteiger partial charge in [-0.15, -0.1) is 0 Å². The number of carbonyl (C=O) groups excluding carboxylic acids is 1. The molecule has 154 valence electrons. The van der Waals surface area contributed by atoms with Crippen molar-refractivity contribution in [1.82, 2.24) is 24.8 Å². The Morgan fingerprint density at radius 3 is 2.68 bits per heavy atom. The highest BCUT2D eigenvalue weighted by atomic mass is 16.2. The maximum atomic E-state index is 12.4. The molecule has 0 saturated carbocycles. The topological polar surface area (TPSA) is 84.7 Å². The number of hydrogen-bond donors (Lipinski definition) is 2. The minimum Gasteiger partial charge on any atom is -0.349 e. The standard InChI is InChI=1S/C24H22N6O/c1-15-22(16(2)30-9-8-28-24(31)23(15)30)18-6-7-27-21(11-18)29-20-5-3-4-17(10-20)19-12-25-14-26-13-19/h3-7,10-14H,8-9H2,1-2H3,(H,27,29)(H,28,31). The molecule has 0 saturated heterocycles. The van der Waals surface area contributed by atoms with Crippen molar-refractivity contribution in [2.75, 3.05) is 11.9 Å². The van der Waals surface area contributed by atoms with Gasteiger partial charge in [-0.25, -0.2) is 15.0 Å². The number of fused-ring (bicyclic) bond motifs is 1. The average molecular weight is 410 g/mol. The van der Waals surface area contributed by atoms with Crippen LogP contribution in [0.4, 0.5) is 11.5 Å². The molecule has 0 atom stereocenters. The van der Waals surface area contributed by atoms with Crippen LogP contribution in [-0.4, -0.2) is 32.0 Å². The van der Waals surface area contributed by atoms with Gasteiger partial charge in [0.25, 0.3) is 5.91 Å². The van der Waals surface area contributed by atoms with Crippen LogP contribution in [0.15, 0.2) is 61.3 Å². The summed E-state index contributed by atoms with van der Waals surface area (Å²) in [5.41, 5.74) is 7.89. The fourth-order valence-electron chi connectivity index (χ4n) is 4.28. The number of rotatable bonds is 4. The lowest BCUT2D eigenvalue weighted by molar-refractivity contribution is 0.0926. The van der Waals surface area contributed by atoms with Gasteiger partial charge in [-0.05, 0) is 54.8 Å². The Bertz CT molecular complexity index is 1280. The lowest BCUT2D eigenvalue weighted by atomic mass is 10.0. The number of carbonyl (C=O) groups is 1. The number of nitrogens with zero attached hydrogens (tertiary/aromatic N) is 4. The van der Waals surface area contributed by atoms with Crippen LogP contribution < -0.4 is 10.6 Å². The molecule has 7 nitrogen and oxygen atoms in total. The third-order valence-corrected chi connectivity index (χ3v) is 5.68. The first-order valence-electron chi connectivity index (χ1n) is 10.2. The van der Waals surface area contributed by atoms with Gasteiger partial charge >= 0.3 is 0 Å². The summed E-state index contributed by atoms with van der Waals surface area (Å²) in [6.45, 7) is 5.54. The van der Waals surface area contributed by atoms with E-state index in [-0.39, 0.29) is 5.91 Å². The zero-order chi connectivity index (χ0) is 21.4. The van der Waals surface area contributed by atoms with Crippen molar-refractivity contribution < 1.29 is 4.79 Å². The average Bonchev–Trinajstić information content (AvgIpc) is 3.06. The molecule has 4 aromatic rings. The number of amides is 1. The van der Waals surface area contributed by atoms with E-state index < -0.39 is 0 Å². The highest BCUT2D eigenvalue weighted by Gasteiger charge is 2.26. The highest BCUT2D eigenvalue weighted by Crippen LogP contribution is 2.34. The van der Waals surface area contributed by atoms with E-state index in [1.165, 1.54) is 6.33 Å². The molecule has 0 bridgehead atoms. The summed E-state index contributed by atoms with van der Waals surface area (Å²) in [5, 5.41) is 6.34. The molecular formula is C24H22N6O. The van der Waals surface area contributed by atoms with Gasteiger partial charge in [0.05, 0.1) is 0 Å². The number of anilines is 2. The molecular weight excluding hydrogens is 388 g/mol. The first kappa shape index (κ1) is 19.0. The molecule has 4 heterocycles. The van der Waals surface area contributed by atoms with Crippen molar-refractivity contribution in [3.8, 4) is 22.3 Å². The summed E-state index contributed by atoms with van der Waals surface area (Å²) in [6, 6.07) is 12.1. The Morgan fingerprint density at radius 1 is 1.03 bits per heavy atom. The highest BCUT2D eigenvalue weighted by molar-refractivity contribution is 5.98. The Labute approximate surface area is 180 Å². The normalized spacial score (nSPS) is 12.9. The van der Waals surface area contributed by atoms with E-state index in [0.29, 0.717) is 6.54 Å². The molecule has 0 fully saturated rings. The second kappa shape index (κ2) is 7.68. The van der Waals surface area contributed by atoms with Gasteiger partial charge in [0.1, 0.15) is 17.8 Å². The van der Waals surface area contributed by atoms with Crippen LogP contribution in [0.3, 0.4) is 0 Å². The molecule has 0 spiro atoms. The Balaban J connectivity index is 1.48. The van der Waals surface area contributed by atoms with Crippen molar-refractivity contribution in [1.29, 1.82) is 0 Å². The van der Waals surface area contributed by atoms with E-state index in [1.807, 2.05) is 43.3 Å². The quantitative estimate of drug-likeness (QED) is 0.529. The summed E-state index contributed by atoms with van der Waals surface area (Å²) in [5.74, 6) is 0.735. The molecule has 7 heteroatoms. The van der Waals surface area contributed by atoms with Crippen LogP contribution in [-0.2, 0) is 6.54 Å². The van der Waals surface area contributed by atoms with Crippen molar-refractivity contribution >= 4 is 17.4 Å². The van der Waals surface area contributed by atoms with Crippen LogP contribution in [0, 0.1) is 13.8 Å². The Morgan fingerprint density at radius 2 is 1.87 bits per heavy atom. The van der Waals surface area contributed by atoms with Crippen LogP contribution in [0.1, 0.15) is 21.7 Å². The zero-order valence-electron chi connectivity index (χ0n) is 17.4. The number of hydrogen-bond acceptors (Lipinski definition) is 5. The van der Waals surface area contributed by atoms with Crippen molar-refractivity contribution in [2.24, 2.45) is 0 Å². The fraction of sp³-hybridized carbons (Fsp3) is 0.167. The van der Waals surface area contributed by atoms with E-state index in [0.717, 1.165) is 57.3 Å². The van der Waals surface area contributed by atoms with Crippen molar-refractivity contribution in [3.63, 3.8) is 0 Å². The number of aromatic nitrogens is 4. The molecule has 0 radical (unpaired) electrons. The number of benzene rings is 1. The van der Waals surface area contributed by atoms with E-state index in [2.05, 4.69) is 37.1 Å². The molecule has 1 aliphatic heterocycles. The summed E-state index contributed by atoms with van der Waals surface area (Å²) >= 11 is 0. The predicted molar refractivity (Wildman–Crippen MR) is 120 cm³/mol. The first-order chi connectivity index (χ1) is 15.1. The maximum Gasteiger partial charge on any atom is 0.268 e. The van der Waals surface area contributed by atoms with Gasteiger partial charge in [0.15, 0.2) is 0 Å². The molecule has 1 amide bonds. The molecule has 1 aromatic carbocycles. The first-order valence-corrected chi connectivity index (χ1v) is 10.2. The lowest BCUT2D eigenvalue weighted by Crippen LogP contribution is -2.35. The second-order valence-corrected chi connectivity index (χ2v) is 7.60. The van der Waals surface area contributed by atoms with Gasteiger partial charge in [0, 0.05) is 54.2 Å². The van der Waals surface area contributed by atoms with E-state index in [9.17, 15) is 4.79 Å². The number of pyridine rings is 1. The van der Waals surface area contributed by atoms with Crippen molar-refractivity contribution in [3.05, 3.63) is 78.3 Å². The minimum absolute atomic E-state index is 0.00721. The molecule has 0 unspecified atom stereocenters. The molecule has 5 rings (SSSR count). The van der Waals surface area contributed by atoms with Crippen LogP contribution in [0.5, 0.6) is 0 Å². The van der Waals surface area contributed by atoms with Gasteiger partial charge in [-0.1, -0.05) is 12.1 Å². The van der Waals surface area contributed by atoms with E-state index in [1.54, 1.807) is 18.6 Å². The summed E-state index contributed by atoms with van der Waals surface area (Å²) < 4.78 is 2.11. The SMILES string of the molecule is Cc1c(-c2ccnc(Nc3cccc(-c4cncnc4)c3)c2)c(C)n2c1C(=O)NCC2. The Hall–Kier alpha value is -4.00. The van der Waals surface area contributed by atoms with Gasteiger partial charge in [-0.2, -0.15) is 0 Å². The fourth-order valence-corrected chi connectivity index (χ4v) is 4.28. The van der Waals surface area contributed by atoms with Crippen LogP contribution in [0.25, 0.3) is 22.3 Å². The largest absolute Gasteiger partial charge is 0.349 e. The third kappa shape index (κ3) is 3.44. The summed E-state index contributed by atoms with van der Waals surface area (Å²) in [6.07, 6.45) is 6.90. The van der Waals surface area contributed by atoms with Crippen LogP contribution in [0.2, 0.25) is 0 Å². The smallest absolute Gasteiger partial charge is 0.268 e. The van der Waals surface area contributed by atoms with E-state index in [4.69, 9.17) is 0 Å². The van der Waals surface area contributed by atoms with Gasteiger partial charge in [-0.3, -0.25) is 4.79 Å². The Kier molecular flexibility index (Phi) is 4.71. The molecule has 31 heavy (non-hydrogen) atoms. The predicted octanol–water partition coefficient (Wildman–Crippen LogP) is 4.11. The lowest BCUT2D eigenvalue weighted by Gasteiger charge is -2.17. The van der Waals surface area contributed by atoms with Gasteiger partial charge in [0.2, 0.25) is 0 Å². The third-order valence-electron chi connectivity index (χ3n) is 5.68. The molecule has 3 aromatic heterocycles. The maximum absolute atomic E-state index is 12.4. The van der Waals surface area contributed by atoms with Crippen LogP contribution >= 0.6 is 0 Å². The molecule has 1 aliphatic rings. The zero-order valence-corrected chi connectivity index (χ0v) is 17.4. The van der Waals surface area contributed by atoms with Gasteiger partial charge < -0.3 is 15.2 Å². The second-order valence-electron chi connectivity index (χ2n) is 7.60.